The number of phenols is 1. The first-order chi connectivity index (χ1) is 26.0. The Morgan fingerprint density at radius 1 is 0.964 bits per heavy atom. The summed E-state index contributed by atoms with van der Waals surface area (Å²) in [5, 5.41) is 23.9. The monoisotopic (exact) mass is 817 g/mol. The number of benzene rings is 3. The Morgan fingerprint density at radius 3 is 2.44 bits per heavy atom. The number of fused-ring (bicyclic) bond motifs is 2. The number of halogens is 1. The number of aryl methyl sites for hydroxylation is 4. The molecular weight excluding hydrogens is 766 g/mol. The highest BCUT2D eigenvalue weighted by Gasteiger charge is 2.37. The number of methoxy groups -OCH3 is 1. The number of phenolic OH excluding ortho intramolecular Hbond substituents is 1. The summed E-state index contributed by atoms with van der Waals surface area (Å²) < 4.78 is 17.7. The van der Waals surface area contributed by atoms with Crippen LogP contribution in [-0.2, 0) is 47.1 Å². The Balaban J connectivity index is 1.23. The first-order valence-corrected chi connectivity index (χ1v) is 24.0. The van der Waals surface area contributed by atoms with Crippen molar-refractivity contribution in [3.05, 3.63) is 93.7 Å². The normalized spacial score (nSPS) is 12.3. The molecule has 3 aromatic heterocycles. The van der Waals surface area contributed by atoms with E-state index in [4.69, 9.17) is 31.0 Å². The number of rotatable bonds is 14. The molecule has 0 spiro atoms. The average molecular weight is 819 g/mol. The van der Waals surface area contributed by atoms with Crippen LogP contribution in [0.25, 0.3) is 32.8 Å². The summed E-state index contributed by atoms with van der Waals surface area (Å²) in [6, 6.07) is 17.9. The molecule has 6 rings (SSSR count). The summed E-state index contributed by atoms with van der Waals surface area (Å²) in [5.41, 5.74) is 8.20. The van der Waals surface area contributed by atoms with E-state index in [1.165, 1.54) is 7.11 Å². The quantitative estimate of drug-likeness (QED) is 0.0502. The predicted octanol–water partition coefficient (Wildman–Crippen LogP) is 10.8. The molecule has 1 N–H and O–H groups in total. The lowest BCUT2D eigenvalue weighted by molar-refractivity contribution is 0.0587. The summed E-state index contributed by atoms with van der Waals surface area (Å²) in [7, 11) is 3.45. The number of ether oxygens (including phenoxy) is 1. The van der Waals surface area contributed by atoms with Gasteiger partial charge in [-0.05, 0) is 79.7 Å². The van der Waals surface area contributed by atoms with Crippen molar-refractivity contribution in [3.8, 4) is 16.9 Å². The second kappa shape index (κ2) is 16.4. The molecule has 0 saturated carbocycles. The molecule has 55 heavy (non-hydrogen) atoms. The summed E-state index contributed by atoms with van der Waals surface area (Å²) >= 11 is 10.5. The Bertz CT molecular complexity index is 2380. The van der Waals surface area contributed by atoms with E-state index in [0.29, 0.717) is 41.1 Å². The third-order valence-electron chi connectivity index (χ3n) is 11.0. The minimum atomic E-state index is -1.91. The lowest BCUT2D eigenvalue weighted by atomic mass is 9.97. The van der Waals surface area contributed by atoms with Crippen LogP contribution >= 0.6 is 35.1 Å². The molecule has 9 nitrogen and oxygen atoms in total. The van der Waals surface area contributed by atoms with E-state index in [-0.39, 0.29) is 11.0 Å². The number of carbonyl (C=O) groups is 1. The van der Waals surface area contributed by atoms with Crippen molar-refractivity contribution in [3.63, 3.8) is 0 Å². The molecule has 0 radical (unpaired) electrons. The van der Waals surface area contributed by atoms with Crippen LogP contribution in [0, 0.1) is 13.8 Å². The van der Waals surface area contributed by atoms with Crippen molar-refractivity contribution in [2.24, 2.45) is 14.1 Å². The summed E-state index contributed by atoms with van der Waals surface area (Å²) in [6.07, 6.45) is 0.756. The Morgan fingerprint density at radius 2 is 1.71 bits per heavy atom. The van der Waals surface area contributed by atoms with E-state index >= 15 is 0 Å². The van der Waals surface area contributed by atoms with Gasteiger partial charge in [-0.1, -0.05) is 56.6 Å². The number of aromatic hydroxyl groups is 1. The van der Waals surface area contributed by atoms with Crippen molar-refractivity contribution in [2.75, 3.05) is 13.7 Å². The van der Waals surface area contributed by atoms with Gasteiger partial charge in [-0.15, -0.1) is 23.5 Å². The second-order valence-electron chi connectivity index (χ2n) is 15.6. The first-order valence-electron chi connectivity index (χ1n) is 18.5. The summed E-state index contributed by atoms with van der Waals surface area (Å²) in [4.78, 5) is 14.4. The topological polar surface area (TPSA) is 96.3 Å². The van der Waals surface area contributed by atoms with Gasteiger partial charge in [0.1, 0.15) is 11.4 Å². The molecule has 0 aliphatic rings. The molecule has 13 heteroatoms. The van der Waals surface area contributed by atoms with Gasteiger partial charge in [0.2, 0.25) is 0 Å². The van der Waals surface area contributed by atoms with Crippen molar-refractivity contribution < 1.29 is 19.1 Å². The molecule has 0 amide bonds. The van der Waals surface area contributed by atoms with Crippen molar-refractivity contribution in [1.29, 1.82) is 0 Å². The SMILES string of the molecule is COC(=O)c1c(C)c2c(-c3c(CSCc4cc(CSc5cc(O)c6ccccc6c5)n(C)n4)nn(C)c3C)c(Cl)ccc2n1CCCO[Si](C)(C)C(C)(C)C. The van der Waals surface area contributed by atoms with Gasteiger partial charge in [-0.25, -0.2) is 4.79 Å². The zero-order chi connectivity index (χ0) is 39.8. The van der Waals surface area contributed by atoms with E-state index in [1.54, 1.807) is 23.5 Å². The van der Waals surface area contributed by atoms with Gasteiger partial charge in [0.15, 0.2) is 8.32 Å². The zero-order valence-corrected chi connectivity index (χ0v) is 36.9. The molecule has 3 aromatic carbocycles. The van der Waals surface area contributed by atoms with Crippen LogP contribution in [0.3, 0.4) is 0 Å². The van der Waals surface area contributed by atoms with E-state index in [1.807, 2.05) is 72.8 Å². The van der Waals surface area contributed by atoms with Crippen molar-refractivity contribution in [2.45, 2.75) is 87.9 Å². The third-order valence-corrected chi connectivity index (χ3v) is 17.8. The van der Waals surface area contributed by atoms with Gasteiger partial charge in [0, 0.05) is 93.2 Å². The first kappa shape index (κ1) is 41.0. The van der Waals surface area contributed by atoms with E-state index < -0.39 is 8.32 Å². The minimum absolute atomic E-state index is 0.120. The lowest BCUT2D eigenvalue weighted by Crippen LogP contribution is -2.41. The van der Waals surface area contributed by atoms with Gasteiger partial charge in [0.05, 0.1) is 18.5 Å². The average Bonchev–Trinajstić information content (AvgIpc) is 3.73. The maximum absolute atomic E-state index is 13.4. The van der Waals surface area contributed by atoms with Gasteiger partial charge in [-0.2, -0.15) is 10.2 Å². The number of nitrogens with zero attached hydrogens (tertiary/aromatic N) is 5. The Labute approximate surface area is 338 Å². The molecule has 0 unspecified atom stereocenters. The molecule has 3 heterocycles. The summed E-state index contributed by atoms with van der Waals surface area (Å²) in [5.74, 6) is 2.01. The van der Waals surface area contributed by atoms with E-state index in [0.717, 1.165) is 78.2 Å². The summed E-state index contributed by atoms with van der Waals surface area (Å²) in [6.45, 7) is 16.5. The molecule has 0 aliphatic heterocycles. The zero-order valence-electron chi connectivity index (χ0n) is 33.5. The number of aromatic nitrogens is 5. The standard InChI is InChI=1S/C42H52ClN5O4S2Si/c1-26-37-35(48(40(26)41(50)51-8)18-13-19-52-55(9,10)42(3,4)5)17-16-33(43)39(37)38-27(2)46(6)45-34(38)25-53-23-29-21-30(47(7)44-29)24-54-31-20-28-14-11-12-15-32(28)36(49)22-31/h11-12,14-17,20-22,49H,13,18-19,23-25H2,1-10H3. The maximum Gasteiger partial charge on any atom is 0.354 e. The molecule has 0 atom stereocenters. The molecule has 0 aliphatic carbocycles. The molecule has 0 bridgehead atoms. The van der Waals surface area contributed by atoms with Crippen molar-refractivity contribution in [1.82, 2.24) is 24.1 Å². The highest BCUT2D eigenvalue weighted by Crippen LogP contribution is 2.43. The highest BCUT2D eigenvalue weighted by molar-refractivity contribution is 7.98. The maximum atomic E-state index is 13.4. The molecule has 6 aromatic rings. The van der Waals surface area contributed by atoms with Crippen LogP contribution in [-0.4, -0.2) is 57.2 Å². The fraction of sp³-hybridized carbons (Fsp3) is 0.405. The van der Waals surface area contributed by atoms with Crippen molar-refractivity contribution >= 4 is 71.1 Å². The fourth-order valence-electron chi connectivity index (χ4n) is 6.85. The number of hydrogen-bond donors (Lipinski definition) is 1. The third kappa shape index (κ3) is 8.39. The number of thioether (sulfide) groups is 2. The molecule has 292 valence electrons. The van der Waals surface area contributed by atoms with Gasteiger partial charge < -0.3 is 18.8 Å². The second-order valence-corrected chi connectivity index (χ2v) is 22.9. The van der Waals surface area contributed by atoms with E-state index in [9.17, 15) is 9.90 Å². The van der Waals surface area contributed by atoms with Crippen LogP contribution in [0.5, 0.6) is 5.75 Å². The van der Waals surface area contributed by atoms with Crippen LogP contribution in [0.15, 0.2) is 59.5 Å². The van der Waals surface area contributed by atoms with E-state index in [2.05, 4.69) is 57.5 Å². The van der Waals surface area contributed by atoms with Crippen LogP contribution in [0.1, 0.15) is 66.0 Å². The predicted molar refractivity (Wildman–Crippen MR) is 231 cm³/mol. The largest absolute Gasteiger partial charge is 0.507 e. The Hall–Kier alpha value is -3.68. The highest BCUT2D eigenvalue weighted by atomic mass is 35.5. The number of esters is 1. The van der Waals surface area contributed by atoms with Gasteiger partial charge in [0.25, 0.3) is 0 Å². The smallest absolute Gasteiger partial charge is 0.354 e. The molecule has 0 saturated heterocycles. The van der Waals surface area contributed by atoms with Gasteiger partial charge >= 0.3 is 5.97 Å². The van der Waals surface area contributed by atoms with Crippen LogP contribution < -0.4 is 0 Å². The number of carbonyl (C=O) groups excluding carboxylic acids is 1. The van der Waals surface area contributed by atoms with Crippen LogP contribution in [0.2, 0.25) is 23.2 Å². The molecular formula is C42H52ClN5O4S2Si. The minimum Gasteiger partial charge on any atom is -0.507 e. The molecule has 0 fully saturated rings. The van der Waals surface area contributed by atoms with Gasteiger partial charge in [-0.3, -0.25) is 9.36 Å². The number of hydrogen-bond acceptors (Lipinski definition) is 8. The Kier molecular flexibility index (Phi) is 12.2. The fourth-order valence-corrected chi connectivity index (χ4v) is 10.0. The lowest BCUT2D eigenvalue weighted by Gasteiger charge is -2.36. The van der Waals surface area contributed by atoms with Crippen LogP contribution in [0.4, 0.5) is 0 Å².